The summed E-state index contributed by atoms with van der Waals surface area (Å²) in [6.45, 7) is 5.13. The zero-order valence-corrected chi connectivity index (χ0v) is 10.3. The molecule has 1 atom stereocenters. The summed E-state index contributed by atoms with van der Waals surface area (Å²) in [4.78, 5) is 9.97. The Balaban J connectivity index is 2.35. The molecule has 0 amide bonds. The Labute approximate surface area is 99.6 Å². The third kappa shape index (κ3) is 2.28. The molecule has 4 heteroatoms. The molecule has 2 aromatic heterocycles. The molecule has 1 unspecified atom stereocenters. The molecular weight excluding hydrogens is 218 g/mol. The summed E-state index contributed by atoms with van der Waals surface area (Å²) in [7, 11) is 0. The number of aryl methyl sites for hydroxylation is 1. The predicted octanol–water partition coefficient (Wildman–Crippen LogP) is 2.55. The van der Waals surface area contributed by atoms with Crippen LogP contribution in [-0.4, -0.2) is 16.5 Å². The van der Waals surface area contributed by atoms with Crippen molar-refractivity contribution < 1.29 is 0 Å². The summed E-state index contributed by atoms with van der Waals surface area (Å²) >= 11 is 1.76. The molecular formula is C12H15N3S. The summed E-state index contributed by atoms with van der Waals surface area (Å²) in [6.07, 6.45) is 3.57. The van der Waals surface area contributed by atoms with Gasteiger partial charge >= 0.3 is 0 Å². The maximum atomic E-state index is 4.33. The Morgan fingerprint density at radius 1 is 1.38 bits per heavy atom. The second kappa shape index (κ2) is 5.18. The van der Waals surface area contributed by atoms with E-state index in [2.05, 4.69) is 40.6 Å². The van der Waals surface area contributed by atoms with Gasteiger partial charge in [-0.05, 0) is 36.5 Å². The van der Waals surface area contributed by atoms with E-state index in [1.165, 1.54) is 10.4 Å². The van der Waals surface area contributed by atoms with E-state index in [1.54, 1.807) is 23.7 Å². The van der Waals surface area contributed by atoms with E-state index in [9.17, 15) is 0 Å². The second-order valence-corrected chi connectivity index (χ2v) is 4.65. The highest BCUT2D eigenvalue weighted by atomic mass is 32.1. The highest BCUT2D eigenvalue weighted by molar-refractivity contribution is 7.10. The highest BCUT2D eigenvalue weighted by Gasteiger charge is 2.17. The summed E-state index contributed by atoms with van der Waals surface area (Å²) in [5.41, 5.74) is 1.28. The van der Waals surface area contributed by atoms with Crippen LogP contribution in [0.25, 0.3) is 0 Å². The largest absolute Gasteiger partial charge is 0.304 e. The van der Waals surface area contributed by atoms with Gasteiger partial charge in [-0.25, -0.2) is 9.97 Å². The first kappa shape index (κ1) is 11.2. The number of aromatic nitrogens is 2. The number of hydrogen-bond donors (Lipinski definition) is 1. The molecule has 2 heterocycles. The topological polar surface area (TPSA) is 37.8 Å². The van der Waals surface area contributed by atoms with Crippen molar-refractivity contribution in [3.8, 4) is 0 Å². The number of nitrogens with one attached hydrogen (secondary N) is 1. The maximum Gasteiger partial charge on any atom is 0.149 e. The van der Waals surface area contributed by atoms with Crippen LogP contribution in [-0.2, 0) is 0 Å². The summed E-state index contributed by atoms with van der Waals surface area (Å²) < 4.78 is 0. The molecule has 2 aromatic rings. The van der Waals surface area contributed by atoms with E-state index >= 15 is 0 Å². The number of rotatable bonds is 4. The van der Waals surface area contributed by atoms with Gasteiger partial charge < -0.3 is 5.32 Å². The van der Waals surface area contributed by atoms with Crippen molar-refractivity contribution in [1.82, 2.24) is 15.3 Å². The summed E-state index contributed by atoms with van der Waals surface area (Å²) in [6, 6.07) is 4.09. The Morgan fingerprint density at radius 3 is 2.69 bits per heavy atom. The molecule has 0 aliphatic carbocycles. The van der Waals surface area contributed by atoms with Crippen LogP contribution in [0.1, 0.15) is 29.2 Å². The molecule has 0 aliphatic heterocycles. The molecule has 0 bridgehead atoms. The standard InChI is InChI=1S/C12H15N3S/c1-3-13-11(10-5-8-16-9(10)2)12-14-6-4-7-15-12/h4-8,11,13H,3H2,1-2H3. The first-order valence-corrected chi connectivity index (χ1v) is 6.25. The lowest BCUT2D eigenvalue weighted by Gasteiger charge is -2.16. The van der Waals surface area contributed by atoms with E-state index in [0.29, 0.717) is 0 Å². The van der Waals surface area contributed by atoms with E-state index < -0.39 is 0 Å². The average molecular weight is 233 g/mol. The van der Waals surface area contributed by atoms with Gasteiger partial charge in [0.2, 0.25) is 0 Å². The minimum atomic E-state index is 0.109. The monoisotopic (exact) mass is 233 g/mol. The molecule has 16 heavy (non-hydrogen) atoms. The molecule has 0 saturated carbocycles. The van der Waals surface area contributed by atoms with Crippen molar-refractivity contribution in [1.29, 1.82) is 0 Å². The number of hydrogen-bond acceptors (Lipinski definition) is 4. The van der Waals surface area contributed by atoms with Crippen LogP contribution in [0.2, 0.25) is 0 Å². The molecule has 0 aromatic carbocycles. The lowest BCUT2D eigenvalue weighted by atomic mass is 10.1. The molecule has 84 valence electrons. The van der Waals surface area contributed by atoms with Crippen molar-refractivity contribution in [2.24, 2.45) is 0 Å². The SMILES string of the molecule is CCNC(c1ncccn1)c1ccsc1C. The number of thiophene rings is 1. The Kier molecular flexibility index (Phi) is 3.64. The average Bonchev–Trinajstić information content (AvgIpc) is 2.73. The van der Waals surface area contributed by atoms with Gasteiger partial charge in [0.05, 0.1) is 6.04 Å². The molecule has 0 saturated heterocycles. The van der Waals surface area contributed by atoms with Crippen LogP contribution in [0.5, 0.6) is 0 Å². The Morgan fingerprint density at radius 2 is 2.12 bits per heavy atom. The molecule has 0 fully saturated rings. The first-order chi connectivity index (χ1) is 7.83. The van der Waals surface area contributed by atoms with Crippen molar-refractivity contribution >= 4 is 11.3 Å². The third-order valence-corrected chi connectivity index (χ3v) is 3.32. The minimum Gasteiger partial charge on any atom is -0.304 e. The first-order valence-electron chi connectivity index (χ1n) is 5.37. The summed E-state index contributed by atoms with van der Waals surface area (Å²) in [5.74, 6) is 0.839. The molecule has 0 aliphatic rings. The van der Waals surface area contributed by atoms with Crippen molar-refractivity contribution in [2.45, 2.75) is 19.9 Å². The van der Waals surface area contributed by atoms with Crippen molar-refractivity contribution in [3.63, 3.8) is 0 Å². The quantitative estimate of drug-likeness (QED) is 0.882. The van der Waals surface area contributed by atoms with Gasteiger partial charge in [-0.2, -0.15) is 0 Å². The van der Waals surface area contributed by atoms with Gasteiger partial charge in [0, 0.05) is 17.3 Å². The third-order valence-electron chi connectivity index (χ3n) is 2.46. The highest BCUT2D eigenvalue weighted by Crippen LogP contribution is 2.25. The zero-order chi connectivity index (χ0) is 11.4. The van der Waals surface area contributed by atoms with Crippen LogP contribution >= 0.6 is 11.3 Å². The maximum absolute atomic E-state index is 4.33. The van der Waals surface area contributed by atoms with Crippen LogP contribution in [0.15, 0.2) is 29.9 Å². The van der Waals surface area contributed by atoms with Gasteiger partial charge in [-0.15, -0.1) is 11.3 Å². The van der Waals surface area contributed by atoms with Crippen LogP contribution in [0, 0.1) is 6.92 Å². The van der Waals surface area contributed by atoms with Gasteiger partial charge in [-0.3, -0.25) is 0 Å². The normalized spacial score (nSPS) is 12.6. The zero-order valence-electron chi connectivity index (χ0n) is 9.47. The molecule has 2 rings (SSSR count). The van der Waals surface area contributed by atoms with Gasteiger partial charge in [0.1, 0.15) is 5.82 Å². The smallest absolute Gasteiger partial charge is 0.149 e. The second-order valence-electron chi connectivity index (χ2n) is 3.53. The number of nitrogens with zero attached hydrogens (tertiary/aromatic N) is 2. The van der Waals surface area contributed by atoms with E-state index in [1.807, 2.05) is 6.07 Å². The summed E-state index contributed by atoms with van der Waals surface area (Å²) in [5, 5.41) is 5.53. The Bertz CT molecular complexity index is 439. The molecule has 1 N–H and O–H groups in total. The predicted molar refractivity (Wildman–Crippen MR) is 66.6 cm³/mol. The van der Waals surface area contributed by atoms with E-state index in [-0.39, 0.29) is 6.04 Å². The Hall–Kier alpha value is -1.26. The minimum absolute atomic E-state index is 0.109. The fourth-order valence-corrected chi connectivity index (χ4v) is 2.44. The lowest BCUT2D eigenvalue weighted by molar-refractivity contribution is 0.597. The fourth-order valence-electron chi connectivity index (χ4n) is 1.70. The van der Waals surface area contributed by atoms with Gasteiger partial charge in [-0.1, -0.05) is 6.92 Å². The van der Waals surface area contributed by atoms with Crippen molar-refractivity contribution in [2.75, 3.05) is 6.54 Å². The van der Waals surface area contributed by atoms with E-state index in [0.717, 1.165) is 12.4 Å². The molecule has 3 nitrogen and oxygen atoms in total. The van der Waals surface area contributed by atoms with Gasteiger partial charge in [0.15, 0.2) is 0 Å². The molecule has 0 spiro atoms. The lowest BCUT2D eigenvalue weighted by Crippen LogP contribution is -2.24. The van der Waals surface area contributed by atoms with Crippen LogP contribution in [0.3, 0.4) is 0 Å². The van der Waals surface area contributed by atoms with Gasteiger partial charge in [0.25, 0.3) is 0 Å². The van der Waals surface area contributed by atoms with E-state index in [4.69, 9.17) is 0 Å². The molecule has 0 radical (unpaired) electrons. The van der Waals surface area contributed by atoms with Crippen molar-refractivity contribution in [3.05, 3.63) is 46.2 Å². The van der Waals surface area contributed by atoms with Crippen LogP contribution in [0.4, 0.5) is 0 Å². The van der Waals surface area contributed by atoms with Crippen LogP contribution < -0.4 is 5.32 Å². The fraction of sp³-hybridized carbons (Fsp3) is 0.333.